The summed E-state index contributed by atoms with van der Waals surface area (Å²) in [5.74, 6) is 0.0862. The summed E-state index contributed by atoms with van der Waals surface area (Å²) in [6.45, 7) is 1.88. The molecule has 1 heterocycles. The third kappa shape index (κ3) is 2.49. The quantitative estimate of drug-likeness (QED) is 0.915. The average Bonchev–Trinajstić information content (AvgIpc) is 3.24. The first-order valence-corrected chi connectivity index (χ1v) is 7.20. The zero-order valence-electron chi connectivity index (χ0n) is 11.5. The standard InChI is InChI=1S/C15H15ClN2O3/c1-8(9-2-3-9)18-14(20)12(13(19)17-15(18)21)10-4-6-11(16)7-5-10/h4-9,20H,2-3H2,1H3,(H,17,19,21). The van der Waals surface area contributed by atoms with Gasteiger partial charge in [0, 0.05) is 11.1 Å². The number of hydrogen-bond donors (Lipinski definition) is 2. The summed E-state index contributed by atoms with van der Waals surface area (Å²) in [4.78, 5) is 26.3. The van der Waals surface area contributed by atoms with Crippen LogP contribution in [-0.2, 0) is 0 Å². The number of nitrogens with zero attached hydrogens (tertiary/aromatic N) is 1. The molecule has 21 heavy (non-hydrogen) atoms. The van der Waals surface area contributed by atoms with Crippen LogP contribution in [0.15, 0.2) is 33.9 Å². The summed E-state index contributed by atoms with van der Waals surface area (Å²) in [6, 6.07) is 6.41. The van der Waals surface area contributed by atoms with Crippen molar-refractivity contribution in [1.29, 1.82) is 0 Å². The van der Waals surface area contributed by atoms with E-state index in [-0.39, 0.29) is 17.5 Å². The van der Waals surface area contributed by atoms with Crippen LogP contribution in [0.5, 0.6) is 5.88 Å². The van der Waals surface area contributed by atoms with Crippen molar-refractivity contribution in [2.75, 3.05) is 0 Å². The normalized spacial score (nSPS) is 15.9. The molecule has 5 nitrogen and oxygen atoms in total. The molecule has 1 fully saturated rings. The van der Waals surface area contributed by atoms with Gasteiger partial charge in [-0.1, -0.05) is 23.7 Å². The maximum absolute atomic E-state index is 12.0. The average molecular weight is 307 g/mol. The Morgan fingerprint density at radius 1 is 1.29 bits per heavy atom. The number of benzene rings is 1. The van der Waals surface area contributed by atoms with Gasteiger partial charge in [-0.05, 0) is 43.4 Å². The van der Waals surface area contributed by atoms with Crippen LogP contribution in [0.4, 0.5) is 0 Å². The van der Waals surface area contributed by atoms with E-state index in [0.29, 0.717) is 16.5 Å². The van der Waals surface area contributed by atoms with E-state index in [4.69, 9.17) is 11.6 Å². The largest absolute Gasteiger partial charge is 0.494 e. The summed E-state index contributed by atoms with van der Waals surface area (Å²) in [6.07, 6.45) is 2.06. The molecule has 110 valence electrons. The molecular formula is C15H15ClN2O3. The van der Waals surface area contributed by atoms with Gasteiger partial charge in [0.15, 0.2) is 0 Å². The van der Waals surface area contributed by atoms with Crippen molar-refractivity contribution in [2.45, 2.75) is 25.8 Å². The van der Waals surface area contributed by atoms with Crippen LogP contribution in [0.25, 0.3) is 11.1 Å². The Morgan fingerprint density at radius 2 is 1.90 bits per heavy atom. The number of H-pyrrole nitrogens is 1. The number of nitrogens with one attached hydrogen (secondary N) is 1. The van der Waals surface area contributed by atoms with Gasteiger partial charge in [-0.25, -0.2) is 4.79 Å². The van der Waals surface area contributed by atoms with E-state index in [1.165, 1.54) is 4.57 Å². The summed E-state index contributed by atoms with van der Waals surface area (Å²) < 4.78 is 1.27. The minimum absolute atomic E-state index is 0.0961. The van der Waals surface area contributed by atoms with Crippen LogP contribution in [-0.4, -0.2) is 14.7 Å². The molecule has 1 aliphatic rings. The molecule has 2 aromatic rings. The highest BCUT2D eigenvalue weighted by Gasteiger charge is 2.32. The Kier molecular flexibility index (Phi) is 3.37. The number of aromatic hydroxyl groups is 1. The third-order valence-electron chi connectivity index (χ3n) is 3.96. The molecule has 0 aliphatic heterocycles. The molecule has 1 aliphatic carbocycles. The van der Waals surface area contributed by atoms with E-state index in [1.54, 1.807) is 24.3 Å². The van der Waals surface area contributed by atoms with Crippen LogP contribution in [0.3, 0.4) is 0 Å². The lowest BCUT2D eigenvalue weighted by molar-refractivity contribution is 0.356. The van der Waals surface area contributed by atoms with Gasteiger partial charge in [-0.2, -0.15) is 0 Å². The molecule has 1 unspecified atom stereocenters. The Bertz CT molecular complexity index is 788. The third-order valence-corrected chi connectivity index (χ3v) is 4.21. The summed E-state index contributed by atoms with van der Waals surface area (Å²) in [5.41, 5.74) is -0.553. The van der Waals surface area contributed by atoms with Gasteiger partial charge in [0.1, 0.15) is 5.56 Å². The molecule has 1 aromatic carbocycles. The van der Waals surface area contributed by atoms with Crippen LogP contribution < -0.4 is 11.2 Å². The molecule has 2 N–H and O–H groups in total. The molecule has 1 atom stereocenters. The van der Waals surface area contributed by atoms with Crippen LogP contribution in [0.2, 0.25) is 5.02 Å². The zero-order valence-corrected chi connectivity index (χ0v) is 12.2. The van der Waals surface area contributed by atoms with E-state index < -0.39 is 11.2 Å². The highest BCUT2D eigenvalue weighted by Crippen LogP contribution is 2.40. The number of halogens is 1. The highest BCUT2D eigenvalue weighted by atomic mass is 35.5. The van der Waals surface area contributed by atoms with E-state index in [9.17, 15) is 14.7 Å². The molecule has 6 heteroatoms. The van der Waals surface area contributed by atoms with Crippen molar-refractivity contribution < 1.29 is 5.11 Å². The van der Waals surface area contributed by atoms with Gasteiger partial charge < -0.3 is 5.11 Å². The van der Waals surface area contributed by atoms with Crippen molar-refractivity contribution in [3.05, 3.63) is 50.1 Å². The molecule has 0 spiro atoms. The first kappa shape index (κ1) is 13.9. The lowest BCUT2D eigenvalue weighted by atomic mass is 10.1. The number of hydrogen-bond acceptors (Lipinski definition) is 3. The predicted molar refractivity (Wildman–Crippen MR) is 80.9 cm³/mol. The topological polar surface area (TPSA) is 75.1 Å². The van der Waals surface area contributed by atoms with Crippen LogP contribution in [0.1, 0.15) is 25.8 Å². The van der Waals surface area contributed by atoms with E-state index in [1.807, 2.05) is 6.92 Å². The van der Waals surface area contributed by atoms with Crippen molar-refractivity contribution in [3.63, 3.8) is 0 Å². The lowest BCUT2D eigenvalue weighted by Crippen LogP contribution is -2.33. The summed E-state index contributed by atoms with van der Waals surface area (Å²) in [5, 5.41) is 11.0. The Hall–Kier alpha value is -2.01. The molecule has 0 radical (unpaired) electrons. The van der Waals surface area contributed by atoms with E-state index in [0.717, 1.165) is 12.8 Å². The second kappa shape index (κ2) is 5.07. The molecule has 0 bridgehead atoms. The van der Waals surface area contributed by atoms with Crippen LogP contribution in [0, 0.1) is 5.92 Å². The van der Waals surface area contributed by atoms with Crippen molar-refractivity contribution >= 4 is 11.6 Å². The van der Waals surface area contributed by atoms with Crippen molar-refractivity contribution in [3.8, 4) is 17.0 Å². The van der Waals surface area contributed by atoms with Gasteiger partial charge in [0.25, 0.3) is 5.56 Å². The fourth-order valence-corrected chi connectivity index (χ4v) is 2.71. The van der Waals surface area contributed by atoms with E-state index in [2.05, 4.69) is 4.98 Å². The minimum Gasteiger partial charge on any atom is -0.494 e. The van der Waals surface area contributed by atoms with Crippen molar-refractivity contribution in [2.24, 2.45) is 5.92 Å². The monoisotopic (exact) mass is 306 g/mol. The molecule has 1 saturated carbocycles. The molecule has 3 rings (SSSR count). The Morgan fingerprint density at radius 3 is 2.48 bits per heavy atom. The Balaban J connectivity index is 2.20. The first-order chi connectivity index (χ1) is 9.99. The number of aromatic nitrogens is 2. The lowest BCUT2D eigenvalue weighted by Gasteiger charge is -2.17. The van der Waals surface area contributed by atoms with Crippen molar-refractivity contribution in [1.82, 2.24) is 9.55 Å². The molecule has 1 aromatic heterocycles. The summed E-state index contributed by atoms with van der Waals surface area (Å²) >= 11 is 5.83. The number of rotatable bonds is 3. The second-order valence-corrected chi connectivity index (χ2v) is 5.85. The zero-order chi connectivity index (χ0) is 15.1. The predicted octanol–water partition coefficient (Wildman–Crippen LogP) is 2.53. The molecule has 0 amide bonds. The smallest absolute Gasteiger partial charge is 0.331 e. The molecular weight excluding hydrogens is 292 g/mol. The second-order valence-electron chi connectivity index (χ2n) is 5.41. The highest BCUT2D eigenvalue weighted by molar-refractivity contribution is 6.30. The van der Waals surface area contributed by atoms with Gasteiger partial charge in [-0.15, -0.1) is 0 Å². The first-order valence-electron chi connectivity index (χ1n) is 6.82. The maximum Gasteiger partial charge on any atom is 0.331 e. The number of aromatic amines is 1. The fraction of sp³-hybridized carbons (Fsp3) is 0.333. The van der Waals surface area contributed by atoms with Gasteiger partial charge in [0.05, 0.1) is 0 Å². The van der Waals surface area contributed by atoms with Crippen LogP contribution >= 0.6 is 11.6 Å². The van der Waals surface area contributed by atoms with E-state index >= 15 is 0 Å². The maximum atomic E-state index is 12.0. The fourth-order valence-electron chi connectivity index (χ4n) is 2.58. The molecule has 0 saturated heterocycles. The van der Waals surface area contributed by atoms with Gasteiger partial charge in [0.2, 0.25) is 5.88 Å². The Labute approximate surface area is 125 Å². The SMILES string of the molecule is CC(C1CC1)n1c(O)c(-c2ccc(Cl)cc2)c(=O)[nH]c1=O. The summed E-state index contributed by atoms with van der Waals surface area (Å²) in [7, 11) is 0. The van der Waals surface area contributed by atoms with Gasteiger partial charge in [-0.3, -0.25) is 14.3 Å². The minimum atomic E-state index is -0.598. The van der Waals surface area contributed by atoms with Gasteiger partial charge >= 0.3 is 5.69 Å².